The van der Waals surface area contributed by atoms with E-state index in [9.17, 15) is 9.90 Å². The van der Waals surface area contributed by atoms with Gasteiger partial charge in [-0.3, -0.25) is 4.79 Å². The number of hydrogen-bond donors (Lipinski definition) is 1. The van der Waals surface area contributed by atoms with Gasteiger partial charge in [-0.05, 0) is 33.6 Å². The van der Waals surface area contributed by atoms with E-state index in [1.54, 1.807) is 0 Å². The van der Waals surface area contributed by atoms with E-state index in [-0.39, 0.29) is 17.6 Å². The fourth-order valence-corrected chi connectivity index (χ4v) is 2.18. The second-order valence-electron chi connectivity index (χ2n) is 6.04. The molecule has 1 saturated heterocycles. The maximum atomic E-state index is 12.0. The molecule has 2 heterocycles. The minimum Gasteiger partial charge on any atom is -0.505 e. The Morgan fingerprint density at radius 3 is 2.35 bits per heavy atom. The van der Waals surface area contributed by atoms with Crippen molar-refractivity contribution in [3.63, 3.8) is 0 Å². The monoisotopic (exact) mass is 279 g/mol. The Labute approximate surface area is 118 Å². The molecule has 1 aromatic heterocycles. The third kappa shape index (κ3) is 3.82. The third-order valence-electron chi connectivity index (χ3n) is 3.14. The van der Waals surface area contributed by atoms with Gasteiger partial charge in [-0.1, -0.05) is 0 Å². The number of aromatic hydroxyl groups is 1. The first-order chi connectivity index (χ1) is 9.35. The molecular weight excluding hydrogens is 258 g/mol. The van der Waals surface area contributed by atoms with Crippen LogP contribution in [-0.2, 0) is 9.53 Å². The number of hydrogen-bond acceptors (Lipinski definition) is 6. The van der Waals surface area contributed by atoms with Crippen LogP contribution in [0.4, 0.5) is 5.95 Å². The highest BCUT2D eigenvalue weighted by atomic mass is 16.6. The highest BCUT2D eigenvalue weighted by molar-refractivity contribution is 5.73. The van der Waals surface area contributed by atoms with Crippen molar-refractivity contribution in [2.24, 2.45) is 5.92 Å². The fourth-order valence-electron chi connectivity index (χ4n) is 2.18. The number of aromatic nitrogens is 2. The summed E-state index contributed by atoms with van der Waals surface area (Å²) in [5.74, 6) is 0.467. The minimum absolute atomic E-state index is 0.0531. The van der Waals surface area contributed by atoms with Gasteiger partial charge in [-0.15, -0.1) is 0 Å². The quantitative estimate of drug-likeness (QED) is 0.831. The second kappa shape index (κ2) is 5.64. The summed E-state index contributed by atoms with van der Waals surface area (Å²) in [6, 6.07) is 0. The van der Waals surface area contributed by atoms with Crippen LogP contribution >= 0.6 is 0 Å². The van der Waals surface area contributed by atoms with Gasteiger partial charge in [0.1, 0.15) is 5.60 Å². The molecule has 1 fully saturated rings. The highest BCUT2D eigenvalue weighted by Gasteiger charge is 2.29. The molecule has 1 aliphatic heterocycles. The molecule has 0 bridgehead atoms. The lowest BCUT2D eigenvalue weighted by Gasteiger charge is -2.32. The van der Waals surface area contributed by atoms with Gasteiger partial charge < -0.3 is 14.7 Å². The average Bonchev–Trinajstić information content (AvgIpc) is 2.38. The Balaban J connectivity index is 1.89. The maximum absolute atomic E-state index is 12.0. The first kappa shape index (κ1) is 14.6. The van der Waals surface area contributed by atoms with Crippen molar-refractivity contribution >= 4 is 11.9 Å². The van der Waals surface area contributed by atoms with E-state index >= 15 is 0 Å². The summed E-state index contributed by atoms with van der Waals surface area (Å²) in [5.41, 5.74) is -0.436. The molecule has 6 nitrogen and oxygen atoms in total. The molecule has 0 amide bonds. The van der Waals surface area contributed by atoms with E-state index in [0.29, 0.717) is 19.0 Å². The lowest BCUT2D eigenvalue weighted by atomic mass is 9.97. The van der Waals surface area contributed by atoms with E-state index in [0.717, 1.165) is 12.8 Å². The zero-order valence-corrected chi connectivity index (χ0v) is 12.2. The maximum Gasteiger partial charge on any atom is 0.309 e. The summed E-state index contributed by atoms with van der Waals surface area (Å²) >= 11 is 0. The molecule has 1 aliphatic rings. The van der Waals surface area contributed by atoms with E-state index in [2.05, 4.69) is 9.97 Å². The van der Waals surface area contributed by atoms with E-state index in [1.807, 2.05) is 25.7 Å². The molecular formula is C14H21N3O3. The number of rotatable bonds is 2. The van der Waals surface area contributed by atoms with Gasteiger partial charge in [-0.25, -0.2) is 9.97 Å². The van der Waals surface area contributed by atoms with Gasteiger partial charge >= 0.3 is 5.97 Å². The van der Waals surface area contributed by atoms with Crippen LogP contribution in [0.1, 0.15) is 33.6 Å². The molecule has 0 saturated carbocycles. The van der Waals surface area contributed by atoms with Crippen LogP contribution < -0.4 is 4.90 Å². The number of anilines is 1. The van der Waals surface area contributed by atoms with Crippen molar-refractivity contribution in [1.29, 1.82) is 0 Å². The van der Waals surface area contributed by atoms with Crippen LogP contribution in [0.2, 0.25) is 0 Å². The average molecular weight is 279 g/mol. The van der Waals surface area contributed by atoms with Crippen LogP contribution in [0, 0.1) is 5.92 Å². The molecule has 110 valence electrons. The fraction of sp³-hybridized carbons (Fsp3) is 0.643. The van der Waals surface area contributed by atoms with Crippen LogP contribution in [0.15, 0.2) is 12.4 Å². The van der Waals surface area contributed by atoms with Gasteiger partial charge in [0.25, 0.3) is 0 Å². The largest absolute Gasteiger partial charge is 0.505 e. The molecule has 1 N–H and O–H groups in total. The normalized spacial score (nSPS) is 17.1. The first-order valence-corrected chi connectivity index (χ1v) is 6.84. The Bertz CT molecular complexity index is 460. The number of ether oxygens (including phenoxy) is 1. The van der Waals surface area contributed by atoms with Crippen molar-refractivity contribution in [2.75, 3.05) is 18.0 Å². The topological polar surface area (TPSA) is 75.5 Å². The van der Waals surface area contributed by atoms with Gasteiger partial charge in [-0.2, -0.15) is 0 Å². The number of carbonyl (C=O) groups excluding carboxylic acids is 1. The van der Waals surface area contributed by atoms with Crippen molar-refractivity contribution in [3.05, 3.63) is 12.4 Å². The molecule has 0 spiro atoms. The van der Waals surface area contributed by atoms with Crippen LogP contribution in [0.25, 0.3) is 0 Å². The Hall–Kier alpha value is -1.85. The standard InChI is InChI=1S/C14H21N3O3/c1-14(2,3)20-12(19)10-4-6-17(7-5-10)13-15-8-11(18)9-16-13/h8-10,18H,4-7H2,1-3H3. The molecule has 0 radical (unpaired) electrons. The van der Waals surface area contributed by atoms with Crippen molar-refractivity contribution in [3.8, 4) is 5.75 Å². The molecule has 0 unspecified atom stereocenters. The number of piperidine rings is 1. The number of carbonyl (C=O) groups is 1. The van der Waals surface area contributed by atoms with Crippen molar-refractivity contribution in [2.45, 2.75) is 39.2 Å². The molecule has 6 heteroatoms. The zero-order valence-electron chi connectivity index (χ0n) is 12.2. The molecule has 2 rings (SSSR count). The van der Waals surface area contributed by atoms with E-state index < -0.39 is 5.60 Å². The summed E-state index contributed by atoms with van der Waals surface area (Å²) in [6.45, 7) is 7.07. The Kier molecular flexibility index (Phi) is 4.11. The summed E-state index contributed by atoms with van der Waals surface area (Å²) in [6.07, 6.45) is 4.23. The predicted octanol–water partition coefficient (Wildman–Crippen LogP) is 1.74. The van der Waals surface area contributed by atoms with E-state index in [4.69, 9.17) is 4.74 Å². The number of nitrogens with zero attached hydrogens (tertiary/aromatic N) is 3. The van der Waals surface area contributed by atoms with Crippen LogP contribution in [-0.4, -0.2) is 39.7 Å². The summed E-state index contributed by atoms with van der Waals surface area (Å²) in [4.78, 5) is 22.2. The van der Waals surface area contributed by atoms with Crippen LogP contribution in [0.5, 0.6) is 5.75 Å². The molecule has 0 aromatic carbocycles. The van der Waals surface area contributed by atoms with Gasteiger partial charge in [0, 0.05) is 13.1 Å². The summed E-state index contributed by atoms with van der Waals surface area (Å²) in [7, 11) is 0. The van der Waals surface area contributed by atoms with Gasteiger partial charge in [0.05, 0.1) is 18.3 Å². The Morgan fingerprint density at radius 2 is 1.85 bits per heavy atom. The Morgan fingerprint density at radius 1 is 1.30 bits per heavy atom. The second-order valence-corrected chi connectivity index (χ2v) is 6.04. The van der Waals surface area contributed by atoms with Crippen molar-refractivity contribution < 1.29 is 14.6 Å². The smallest absolute Gasteiger partial charge is 0.309 e. The lowest BCUT2D eigenvalue weighted by molar-refractivity contribution is -0.160. The molecule has 1 aromatic rings. The summed E-state index contributed by atoms with van der Waals surface area (Å²) < 4.78 is 5.41. The van der Waals surface area contributed by atoms with Crippen LogP contribution in [0.3, 0.4) is 0 Å². The predicted molar refractivity (Wildman–Crippen MR) is 74.5 cm³/mol. The highest BCUT2D eigenvalue weighted by Crippen LogP contribution is 2.23. The molecule has 20 heavy (non-hydrogen) atoms. The SMILES string of the molecule is CC(C)(C)OC(=O)C1CCN(c2ncc(O)cn2)CC1. The third-order valence-corrected chi connectivity index (χ3v) is 3.14. The first-order valence-electron chi connectivity index (χ1n) is 6.84. The van der Waals surface area contributed by atoms with Crippen molar-refractivity contribution in [1.82, 2.24) is 9.97 Å². The lowest BCUT2D eigenvalue weighted by Crippen LogP contribution is -2.39. The number of esters is 1. The van der Waals surface area contributed by atoms with E-state index in [1.165, 1.54) is 12.4 Å². The molecule has 0 atom stereocenters. The van der Waals surface area contributed by atoms with Gasteiger partial charge in [0.2, 0.25) is 5.95 Å². The molecule has 0 aliphatic carbocycles. The van der Waals surface area contributed by atoms with Gasteiger partial charge in [0.15, 0.2) is 5.75 Å². The zero-order chi connectivity index (χ0) is 14.8. The summed E-state index contributed by atoms with van der Waals surface area (Å²) in [5, 5.41) is 9.17. The minimum atomic E-state index is -0.436.